The summed E-state index contributed by atoms with van der Waals surface area (Å²) in [6, 6.07) is 22.7. The smallest absolute Gasteiger partial charge is 0.128 e. The maximum absolute atomic E-state index is 6.33. The molecular formula is C25H22OS. The van der Waals surface area contributed by atoms with E-state index in [-0.39, 0.29) is 6.10 Å². The van der Waals surface area contributed by atoms with E-state index in [2.05, 4.69) is 60.7 Å². The average Bonchev–Trinajstić information content (AvgIpc) is 3.42. The molecule has 2 heterocycles. The molecule has 27 heavy (non-hydrogen) atoms. The van der Waals surface area contributed by atoms with Gasteiger partial charge in [0.1, 0.15) is 11.9 Å². The molecule has 1 atom stereocenters. The van der Waals surface area contributed by atoms with E-state index < -0.39 is 0 Å². The molecule has 3 aliphatic rings. The van der Waals surface area contributed by atoms with Crippen molar-refractivity contribution in [2.75, 3.05) is 5.75 Å². The van der Waals surface area contributed by atoms with Crippen molar-refractivity contribution in [1.29, 1.82) is 0 Å². The molecule has 0 N–H and O–H groups in total. The number of fused-ring (bicyclic) bond motifs is 3. The van der Waals surface area contributed by atoms with Crippen molar-refractivity contribution < 1.29 is 4.74 Å². The van der Waals surface area contributed by atoms with E-state index in [1.807, 2.05) is 11.8 Å². The molecule has 1 unspecified atom stereocenters. The summed E-state index contributed by atoms with van der Waals surface area (Å²) in [5.74, 6) is 2.91. The van der Waals surface area contributed by atoms with Gasteiger partial charge in [0.25, 0.3) is 0 Å². The van der Waals surface area contributed by atoms with Gasteiger partial charge in [-0.05, 0) is 70.7 Å². The zero-order valence-electron chi connectivity index (χ0n) is 15.3. The highest BCUT2D eigenvalue weighted by atomic mass is 32.2. The summed E-state index contributed by atoms with van der Waals surface area (Å²) in [6.07, 6.45) is 4.70. The third kappa shape index (κ3) is 2.70. The van der Waals surface area contributed by atoms with Crippen LogP contribution in [0.15, 0.2) is 65.6 Å². The summed E-state index contributed by atoms with van der Waals surface area (Å²) < 4.78 is 6.33. The lowest BCUT2D eigenvalue weighted by Crippen LogP contribution is -2.03. The number of rotatable bonds is 2. The Morgan fingerprint density at radius 2 is 1.52 bits per heavy atom. The standard InChI is InChI=1S/C25H22OS/c1-2-4-17-12-21(11-16(17)3-1)18-5-7-23-22(13-18)15-24(26-23)19-6-8-25-20(14-19)9-10-27-25/h1-8,13-14,21,24H,9-12,15H2. The van der Waals surface area contributed by atoms with Crippen molar-refractivity contribution in [3.05, 3.63) is 94.0 Å². The third-order valence-electron chi connectivity index (χ3n) is 6.37. The molecule has 134 valence electrons. The molecule has 0 bridgehead atoms. The average molecular weight is 371 g/mol. The van der Waals surface area contributed by atoms with Crippen molar-refractivity contribution in [2.24, 2.45) is 0 Å². The Balaban J connectivity index is 1.25. The van der Waals surface area contributed by atoms with E-state index in [1.165, 1.54) is 63.3 Å². The molecule has 0 spiro atoms. The largest absolute Gasteiger partial charge is 0.485 e. The van der Waals surface area contributed by atoms with Crippen LogP contribution >= 0.6 is 11.8 Å². The van der Waals surface area contributed by atoms with Gasteiger partial charge in [0, 0.05) is 17.1 Å². The number of benzene rings is 3. The highest BCUT2D eigenvalue weighted by Gasteiger charge is 2.28. The molecular weight excluding hydrogens is 348 g/mol. The van der Waals surface area contributed by atoms with Crippen LogP contribution in [0.2, 0.25) is 0 Å². The van der Waals surface area contributed by atoms with Crippen molar-refractivity contribution in [1.82, 2.24) is 0 Å². The van der Waals surface area contributed by atoms with Gasteiger partial charge in [0.2, 0.25) is 0 Å². The topological polar surface area (TPSA) is 9.23 Å². The van der Waals surface area contributed by atoms with Gasteiger partial charge in [-0.25, -0.2) is 0 Å². The fourth-order valence-corrected chi connectivity index (χ4v) is 5.96. The van der Waals surface area contributed by atoms with E-state index >= 15 is 0 Å². The molecule has 0 fully saturated rings. The number of aryl methyl sites for hydroxylation is 1. The first kappa shape index (κ1) is 15.8. The van der Waals surface area contributed by atoms with Crippen LogP contribution in [0.5, 0.6) is 5.75 Å². The Bertz CT molecular complexity index is 1010. The zero-order chi connectivity index (χ0) is 17.8. The van der Waals surface area contributed by atoms with Gasteiger partial charge in [-0.15, -0.1) is 11.8 Å². The number of ether oxygens (including phenoxy) is 1. The normalized spacial score (nSPS) is 20.2. The van der Waals surface area contributed by atoms with Crippen LogP contribution in [0.1, 0.15) is 45.4 Å². The van der Waals surface area contributed by atoms with Crippen LogP contribution in [-0.4, -0.2) is 5.75 Å². The summed E-state index contributed by atoms with van der Waals surface area (Å²) in [4.78, 5) is 1.46. The number of hydrogen-bond acceptors (Lipinski definition) is 2. The SMILES string of the molecule is c1ccc2c(c1)CC(c1ccc3c(c1)CC(c1ccc4c(c1)CCS4)O3)C2. The lowest BCUT2D eigenvalue weighted by atomic mass is 9.93. The lowest BCUT2D eigenvalue weighted by Gasteiger charge is -2.12. The Hall–Kier alpha value is -2.19. The molecule has 1 aliphatic carbocycles. The molecule has 0 amide bonds. The molecule has 0 saturated carbocycles. The summed E-state index contributed by atoms with van der Waals surface area (Å²) >= 11 is 1.98. The molecule has 0 aromatic heterocycles. The highest BCUT2D eigenvalue weighted by Crippen LogP contribution is 2.42. The van der Waals surface area contributed by atoms with E-state index in [4.69, 9.17) is 4.74 Å². The Kier molecular flexibility index (Phi) is 3.62. The second-order valence-corrected chi connectivity index (χ2v) is 9.15. The van der Waals surface area contributed by atoms with Gasteiger partial charge >= 0.3 is 0 Å². The second-order valence-electron chi connectivity index (χ2n) is 8.02. The number of hydrogen-bond donors (Lipinski definition) is 0. The fourth-order valence-electron chi connectivity index (χ4n) is 4.91. The minimum Gasteiger partial charge on any atom is -0.485 e. The maximum atomic E-state index is 6.33. The quantitative estimate of drug-likeness (QED) is 0.556. The predicted molar refractivity (Wildman–Crippen MR) is 111 cm³/mol. The Morgan fingerprint density at radius 3 is 2.37 bits per heavy atom. The van der Waals surface area contributed by atoms with Crippen LogP contribution in [0.25, 0.3) is 0 Å². The van der Waals surface area contributed by atoms with Crippen LogP contribution in [0.3, 0.4) is 0 Å². The van der Waals surface area contributed by atoms with E-state index in [0.29, 0.717) is 5.92 Å². The minimum atomic E-state index is 0.173. The van der Waals surface area contributed by atoms with Gasteiger partial charge in [-0.3, -0.25) is 0 Å². The predicted octanol–water partition coefficient (Wildman–Crippen LogP) is 5.89. The van der Waals surface area contributed by atoms with Crippen LogP contribution < -0.4 is 4.74 Å². The van der Waals surface area contributed by atoms with Crippen LogP contribution in [0.4, 0.5) is 0 Å². The van der Waals surface area contributed by atoms with E-state index in [0.717, 1.165) is 12.2 Å². The molecule has 0 radical (unpaired) electrons. The first-order chi connectivity index (χ1) is 13.3. The lowest BCUT2D eigenvalue weighted by molar-refractivity contribution is 0.238. The third-order valence-corrected chi connectivity index (χ3v) is 7.48. The van der Waals surface area contributed by atoms with E-state index in [1.54, 1.807) is 0 Å². The van der Waals surface area contributed by atoms with Crippen LogP contribution in [0, 0.1) is 0 Å². The highest BCUT2D eigenvalue weighted by molar-refractivity contribution is 7.99. The van der Waals surface area contributed by atoms with Gasteiger partial charge < -0.3 is 4.74 Å². The van der Waals surface area contributed by atoms with Crippen LogP contribution in [-0.2, 0) is 25.7 Å². The van der Waals surface area contributed by atoms with Crippen molar-refractivity contribution in [3.8, 4) is 5.75 Å². The summed E-state index contributed by atoms with van der Waals surface area (Å²) in [7, 11) is 0. The van der Waals surface area contributed by atoms with Gasteiger partial charge in [0.05, 0.1) is 0 Å². The molecule has 2 heteroatoms. The summed E-state index contributed by atoms with van der Waals surface area (Å²) in [6.45, 7) is 0. The first-order valence-electron chi connectivity index (χ1n) is 9.95. The van der Waals surface area contributed by atoms with Crippen molar-refractivity contribution in [2.45, 2.75) is 42.6 Å². The van der Waals surface area contributed by atoms with Crippen molar-refractivity contribution >= 4 is 11.8 Å². The maximum Gasteiger partial charge on any atom is 0.128 e. The summed E-state index contributed by atoms with van der Waals surface area (Å²) in [5, 5.41) is 0. The molecule has 1 nitrogen and oxygen atoms in total. The minimum absolute atomic E-state index is 0.173. The van der Waals surface area contributed by atoms with E-state index in [9.17, 15) is 0 Å². The van der Waals surface area contributed by atoms with Gasteiger partial charge in [0.15, 0.2) is 0 Å². The zero-order valence-corrected chi connectivity index (χ0v) is 16.1. The van der Waals surface area contributed by atoms with Gasteiger partial charge in [-0.1, -0.05) is 48.5 Å². The van der Waals surface area contributed by atoms with Crippen molar-refractivity contribution in [3.63, 3.8) is 0 Å². The molecule has 6 rings (SSSR count). The van der Waals surface area contributed by atoms with Gasteiger partial charge in [-0.2, -0.15) is 0 Å². The number of thioether (sulfide) groups is 1. The molecule has 2 aliphatic heterocycles. The molecule has 0 saturated heterocycles. The Morgan fingerprint density at radius 1 is 0.741 bits per heavy atom. The second kappa shape index (κ2) is 6.17. The molecule has 3 aromatic carbocycles. The first-order valence-corrected chi connectivity index (χ1v) is 10.9. The molecule has 3 aromatic rings. The Labute approximate surface area is 164 Å². The monoisotopic (exact) mass is 370 g/mol. The summed E-state index contributed by atoms with van der Waals surface area (Å²) in [5.41, 5.74) is 8.73. The fraction of sp³-hybridized carbons (Fsp3) is 0.280.